The fraction of sp³-hybridized carbons (Fsp3) is 0.667. The van der Waals surface area contributed by atoms with E-state index in [4.69, 9.17) is 12.2 Å². The Labute approximate surface area is 103 Å². The molecule has 0 spiro atoms. The van der Waals surface area contributed by atoms with Gasteiger partial charge in [-0.1, -0.05) is 13.8 Å². The molecule has 0 heterocycles. The molecule has 0 saturated heterocycles. The molecular formula is C12H21N3O2. The summed E-state index contributed by atoms with van der Waals surface area (Å²) in [6.45, 7) is 3.95. The molecule has 2 atom stereocenters. The van der Waals surface area contributed by atoms with Crippen LogP contribution in [0.5, 0.6) is 0 Å². The van der Waals surface area contributed by atoms with Gasteiger partial charge in [-0.3, -0.25) is 9.59 Å². The minimum Gasteiger partial charge on any atom is -0.357 e. The second kappa shape index (κ2) is 7.69. The topological polar surface area (TPSA) is 84.2 Å². The Morgan fingerprint density at radius 3 is 2.35 bits per heavy atom. The van der Waals surface area contributed by atoms with Crippen molar-refractivity contribution in [2.24, 2.45) is 11.7 Å². The zero-order valence-electron chi connectivity index (χ0n) is 10.6. The van der Waals surface area contributed by atoms with E-state index in [2.05, 4.69) is 16.6 Å². The maximum Gasteiger partial charge on any atom is 0.242 e. The molecule has 0 aliphatic carbocycles. The second-order valence-electron chi connectivity index (χ2n) is 4.32. The number of carbonyl (C=O) groups is 2. The van der Waals surface area contributed by atoms with Crippen molar-refractivity contribution in [3.63, 3.8) is 0 Å². The lowest BCUT2D eigenvalue weighted by Gasteiger charge is -2.20. The summed E-state index contributed by atoms with van der Waals surface area (Å²) in [6.07, 6.45) is 5.80. The molecule has 5 heteroatoms. The average molecular weight is 239 g/mol. The molecule has 17 heavy (non-hydrogen) atoms. The number of hydrogen-bond donors (Lipinski definition) is 3. The SMILES string of the molecule is C#CCC(N)C(=O)NC(CC(C)C)C(=O)NC. The maximum absolute atomic E-state index is 11.6. The molecule has 0 aliphatic heterocycles. The van der Waals surface area contributed by atoms with E-state index >= 15 is 0 Å². The van der Waals surface area contributed by atoms with Crippen molar-refractivity contribution in [1.29, 1.82) is 0 Å². The number of nitrogens with one attached hydrogen (secondary N) is 2. The van der Waals surface area contributed by atoms with Gasteiger partial charge < -0.3 is 16.4 Å². The Kier molecular flexibility index (Phi) is 6.99. The predicted molar refractivity (Wildman–Crippen MR) is 66.9 cm³/mol. The molecule has 2 unspecified atom stereocenters. The van der Waals surface area contributed by atoms with Gasteiger partial charge in [0.05, 0.1) is 6.04 Å². The van der Waals surface area contributed by atoms with E-state index in [-0.39, 0.29) is 12.3 Å². The molecule has 5 nitrogen and oxygen atoms in total. The number of rotatable bonds is 6. The van der Waals surface area contributed by atoms with Crippen LogP contribution in [0.15, 0.2) is 0 Å². The summed E-state index contributed by atoms with van der Waals surface area (Å²) >= 11 is 0. The summed E-state index contributed by atoms with van der Waals surface area (Å²) in [5.41, 5.74) is 5.56. The van der Waals surface area contributed by atoms with Crippen molar-refractivity contribution in [2.75, 3.05) is 7.05 Å². The summed E-state index contributed by atoms with van der Waals surface area (Å²) in [4.78, 5) is 23.2. The highest BCUT2D eigenvalue weighted by molar-refractivity contribution is 5.89. The van der Waals surface area contributed by atoms with Gasteiger partial charge in [0, 0.05) is 13.5 Å². The average Bonchev–Trinajstić information content (AvgIpc) is 2.26. The van der Waals surface area contributed by atoms with Gasteiger partial charge in [0.2, 0.25) is 11.8 Å². The number of carbonyl (C=O) groups excluding carboxylic acids is 2. The molecule has 0 fully saturated rings. The Morgan fingerprint density at radius 2 is 1.94 bits per heavy atom. The molecular weight excluding hydrogens is 218 g/mol. The lowest BCUT2D eigenvalue weighted by molar-refractivity contribution is -0.129. The predicted octanol–water partition coefficient (Wildman–Crippen LogP) is -0.386. The number of amides is 2. The van der Waals surface area contributed by atoms with E-state index in [1.54, 1.807) is 0 Å². The van der Waals surface area contributed by atoms with Gasteiger partial charge in [-0.05, 0) is 12.3 Å². The molecule has 0 rings (SSSR count). The molecule has 0 bridgehead atoms. The third kappa shape index (κ3) is 5.93. The number of nitrogens with two attached hydrogens (primary N) is 1. The smallest absolute Gasteiger partial charge is 0.242 e. The van der Waals surface area contributed by atoms with Crippen molar-refractivity contribution in [3.05, 3.63) is 0 Å². The lowest BCUT2D eigenvalue weighted by Crippen LogP contribution is -2.51. The monoisotopic (exact) mass is 239 g/mol. The largest absolute Gasteiger partial charge is 0.357 e. The Bertz CT molecular complexity index is 307. The summed E-state index contributed by atoms with van der Waals surface area (Å²) < 4.78 is 0. The van der Waals surface area contributed by atoms with Gasteiger partial charge in [-0.15, -0.1) is 12.3 Å². The molecule has 96 valence electrons. The van der Waals surface area contributed by atoms with Crippen molar-refractivity contribution in [1.82, 2.24) is 10.6 Å². The van der Waals surface area contributed by atoms with Crippen molar-refractivity contribution >= 4 is 11.8 Å². The van der Waals surface area contributed by atoms with E-state index in [1.807, 2.05) is 13.8 Å². The molecule has 0 aromatic heterocycles. The van der Waals surface area contributed by atoms with Crippen LogP contribution in [0.4, 0.5) is 0 Å². The first-order valence-corrected chi connectivity index (χ1v) is 5.63. The Morgan fingerprint density at radius 1 is 1.35 bits per heavy atom. The molecule has 0 saturated carbocycles. The summed E-state index contributed by atoms with van der Waals surface area (Å²) in [6, 6.07) is -1.32. The number of likely N-dealkylation sites (N-methyl/N-ethyl adjacent to an activating group) is 1. The standard InChI is InChI=1S/C12H21N3O2/c1-5-6-9(13)11(16)15-10(7-8(2)3)12(17)14-4/h1,8-10H,6-7,13H2,2-4H3,(H,14,17)(H,15,16). The normalized spacial score (nSPS) is 13.6. The summed E-state index contributed by atoms with van der Waals surface area (Å²) in [5.74, 6) is 2.00. The first-order valence-electron chi connectivity index (χ1n) is 5.63. The third-order valence-electron chi connectivity index (χ3n) is 2.26. The Hall–Kier alpha value is -1.54. The van der Waals surface area contributed by atoms with Gasteiger partial charge in [0.1, 0.15) is 6.04 Å². The molecule has 0 aliphatic rings. The molecule has 4 N–H and O–H groups in total. The van der Waals surface area contributed by atoms with Gasteiger partial charge in [0.15, 0.2) is 0 Å². The minimum atomic E-state index is -0.765. The minimum absolute atomic E-state index is 0.161. The van der Waals surface area contributed by atoms with E-state index in [1.165, 1.54) is 7.05 Å². The Balaban J connectivity index is 4.48. The van der Waals surface area contributed by atoms with Crippen LogP contribution in [-0.4, -0.2) is 30.9 Å². The van der Waals surface area contributed by atoms with E-state index < -0.39 is 18.0 Å². The highest BCUT2D eigenvalue weighted by Gasteiger charge is 2.23. The van der Waals surface area contributed by atoms with Gasteiger partial charge in [-0.25, -0.2) is 0 Å². The molecule has 0 aromatic rings. The third-order valence-corrected chi connectivity index (χ3v) is 2.26. The van der Waals surface area contributed by atoms with Gasteiger partial charge >= 0.3 is 0 Å². The maximum atomic E-state index is 11.6. The highest BCUT2D eigenvalue weighted by Crippen LogP contribution is 2.05. The number of hydrogen-bond acceptors (Lipinski definition) is 3. The zero-order chi connectivity index (χ0) is 13.4. The van der Waals surface area contributed by atoms with Crippen LogP contribution in [-0.2, 0) is 9.59 Å². The van der Waals surface area contributed by atoms with Crippen LogP contribution in [0.3, 0.4) is 0 Å². The quantitative estimate of drug-likeness (QED) is 0.552. The molecule has 0 radical (unpaired) electrons. The second-order valence-corrected chi connectivity index (χ2v) is 4.32. The van der Waals surface area contributed by atoms with Gasteiger partial charge in [-0.2, -0.15) is 0 Å². The van der Waals surface area contributed by atoms with Crippen molar-refractivity contribution < 1.29 is 9.59 Å². The molecule has 0 aromatic carbocycles. The fourth-order valence-corrected chi connectivity index (χ4v) is 1.38. The fourth-order valence-electron chi connectivity index (χ4n) is 1.38. The van der Waals surface area contributed by atoms with Crippen LogP contribution >= 0.6 is 0 Å². The van der Waals surface area contributed by atoms with Crippen LogP contribution in [0.2, 0.25) is 0 Å². The van der Waals surface area contributed by atoms with E-state index in [0.717, 1.165) is 0 Å². The van der Waals surface area contributed by atoms with Crippen LogP contribution in [0.1, 0.15) is 26.7 Å². The highest BCUT2D eigenvalue weighted by atomic mass is 16.2. The van der Waals surface area contributed by atoms with Crippen LogP contribution < -0.4 is 16.4 Å². The van der Waals surface area contributed by atoms with Crippen LogP contribution in [0, 0.1) is 18.3 Å². The first kappa shape index (κ1) is 15.5. The van der Waals surface area contributed by atoms with E-state index in [9.17, 15) is 9.59 Å². The first-order chi connectivity index (χ1) is 7.92. The van der Waals surface area contributed by atoms with Crippen molar-refractivity contribution in [3.8, 4) is 12.3 Å². The summed E-state index contributed by atoms with van der Waals surface area (Å²) in [7, 11) is 1.53. The van der Waals surface area contributed by atoms with Crippen LogP contribution in [0.25, 0.3) is 0 Å². The van der Waals surface area contributed by atoms with Crippen molar-refractivity contribution in [2.45, 2.75) is 38.8 Å². The number of terminal acetylenes is 1. The summed E-state index contributed by atoms with van der Waals surface area (Å²) in [5, 5.41) is 5.12. The van der Waals surface area contributed by atoms with Gasteiger partial charge in [0.25, 0.3) is 0 Å². The van der Waals surface area contributed by atoms with E-state index in [0.29, 0.717) is 12.3 Å². The zero-order valence-corrected chi connectivity index (χ0v) is 10.6. The molecule has 2 amide bonds. The lowest BCUT2D eigenvalue weighted by atomic mass is 10.0.